The molecule has 1 amide bonds. The minimum absolute atomic E-state index is 0.155. The van der Waals surface area contributed by atoms with Crippen LogP contribution in [0.25, 0.3) is 10.8 Å². The third-order valence-electron chi connectivity index (χ3n) is 3.97. The van der Waals surface area contributed by atoms with Crippen molar-refractivity contribution in [3.05, 3.63) is 59.3 Å². The first-order valence-corrected chi connectivity index (χ1v) is 7.09. The summed E-state index contributed by atoms with van der Waals surface area (Å²) < 4.78 is 5.26. The molecule has 0 bridgehead atoms. The van der Waals surface area contributed by atoms with Gasteiger partial charge in [-0.25, -0.2) is 0 Å². The van der Waals surface area contributed by atoms with Gasteiger partial charge in [0, 0.05) is 11.1 Å². The van der Waals surface area contributed by atoms with E-state index in [1.807, 2.05) is 42.5 Å². The predicted molar refractivity (Wildman–Crippen MR) is 80.4 cm³/mol. The van der Waals surface area contributed by atoms with Crippen LogP contribution in [0, 0.1) is 0 Å². The number of amides is 1. The zero-order valence-corrected chi connectivity index (χ0v) is 11.4. The maximum absolute atomic E-state index is 12.5. The Kier molecular flexibility index (Phi) is 2.74. The Morgan fingerprint density at radius 2 is 1.95 bits per heavy atom. The molecule has 0 atom stereocenters. The Morgan fingerprint density at radius 1 is 1.10 bits per heavy atom. The van der Waals surface area contributed by atoms with Crippen molar-refractivity contribution in [1.82, 2.24) is 5.16 Å². The molecule has 104 valence electrons. The second-order valence-electron chi connectivity index (χ2n) is 5.27. The maximum Gasteiger partial charge on any atom is 0.258 e. The molecule has 1 heterocycles. The zero-order chi connectivity index (χ0) is 14.2. The zero-order valence-electron chi connectivity index (χ0n) is 11.4. The van der Waals surface area contributed by atoms with Crippen LogP contribution in [0.4, 0.5) is 5.88 Å². The van der Waals surface area contributed by atoms with E-state index in [9.17, 15) is 4.79 Å². The van der Waals surface area contributed by atoms with Crippen LogP contribution < -0.4 is 5.32 Å². The Hall–Kier alpha value is -2.62. The van der Waals surface area contributed by atoms with E-state index in [2.05, 4.69) is 10.5 Å². The van der Waals surface area contributed by atoms with Crippen LogP contribution in [0.5, 0.6) is 0 Å². The summed E-state index contributed by atoms with van der Waals surface area (Å²) in [6.45, 7) is 0. The molecule has 4 rings (SSSR count). The number of aryl methyl sites for hydroxylation is 1. The van der Waals surface area contributed by atoms with Gasteiger partial charge in [-0.3, -0.25) is 10.1 Å². The van der Waals surface area contributed by atoms with Crippen LogP contribution in [0.3, 0.4) is 0 Å². The van der Waals surface area contributed by atoms with E-state index in [1.54, 1.807) is 0 Å². The van der Waals surface area contributed by atoms with Gasteiger partial charge in [0.15, 0.2) is 0 Å². The number of benzene rings is 2. The van der Waals surface area contributed by atoms with Gasteiger partial charge in [-0.1, -0.05) is 41.6 Å². The van der Waals surface area contributed by atoms with Gasteiger partial charge >= 0.3 is 0 Å². The smallest absolute Gasteiger partial charge is 0.258 e. The number of hydrogen-bond donors (Lipinski definition) is 1. The Labute approximate surface area is 121 Å². The van der Waals surface area contributed by atoms with E-state index in [0.29, 0.717) is 11.4 Å². The fraction of sp³-hybridized carbons (Fsp3) is 0.176. The standard InChI is InChI=1S/C17H14N2O2/c20-16(18-17-14-9-4-10-15(14)19-21-17)13-8-3-6-11-5-1-2-7-12(11)13/h1-3,5-8H,4,9-10H2,(H,18,20). The van der Waals surface area contributed by atoms with Gasteiger partial charge in [0.25, 0.3) is 5.91 Å². The predicted octanol–water partition coefficient (Wildman–Crippen LogP) is 3.57. The monoisotopic (exact) mass is 278 g/mol. The van der Waals surface area contributed by atoms with Crippen molar-refractivity contribution in [2.24, 2.45) is 0 Å². The molecule has 0 aliphatic heterocycles. The number of carbonyl (C=O) groups excluding carboxylic acids is 1. The number of hydrogen-bond acceptors (Lipinski definition) is 3. The summed E-state index contributed by atoms with van der Waals surface area (Å²) in [5.41, 5.74) is 2.67. The number of nitrogens with zero attached hydrogens (tertiary/aromatic N) is 1. The molecule has 0 unspecified atom stereocenters. The summed E-state index contributed by atoms with van der Waals surface area (Å²) in [6.07, 6.45) is 2.93. The van der Waals surface area contributed by atoms with Gasteiger partial charge in [0.1, 0.15) is 0 Å². The van der Waals surface area contributed by atoms with Crippen LogP contribution in [-0.2, 0) is 12.8 Å². The molecule has 4 heteroatoms. The lowest BCUT2D eigenvalue weighted by molar-refractivity contribution is 0.102. The van der Waals surface area contributed by atoms with Gasteiger partial charge in [-0.05, 0) is 36.1 Å². The first kappa shape index (κ1) is 12.1. The summed E-state index contributed by atoms with van der Waals surface area (Å²) in [7, 11) is 0. The van der Waals surface area contributed by atoms with E-state index in [0.717, 1.165) is 41.3 Å². The molecule has 4 nitrogen and oxygen atoms in total. The summed E-state index contributed by atoms with van der Waals surface area (Å²) in [5.74, 6) is 0.345. The highest BCUT2D eigenvalue weighted by Gasteiger charge is 2.23. The largest absolute Gasteiger partial charge is 0.338 e. The molecule has 0 saturated carbocycles. The van der Waals surface area contributed by atoms with Crippen molar-refractivity contribution in [2.45, 2.75) is 19.3 Å². The second-order valence-corrected chi connectivity index (χ2v) is 5.27. The number of anilines is 1. The van der Waals surface area contributed by atoms with Crippen molar-refractivity contribution >= 4 is 22.6 Å². The molecule has 0 saturated heterocycles. The van der Waals surface area contributed by atoms with Crippen LogP contribution in [0.15, 0.2) is 47.0 Å². The highest BCUT2D eigenvalue weighted by Crippen LogP contribution is 2.29. The fourth-order valence-corrected chi connectivity index (χ4v) is 2.92. The molecule has 2 aromatic carbocycles. The summed E-state index contributed by atoms with van der Waals surface area (Å²) in [6, 6.07) is 13.6. The molecule has 1 aromatic heterocycles. The average molecular weight is 278 g/mol. The quantitative estimate of drug-likeness (QED) is 0.779. The van der Waals surface area contributed by atoms with E-state index in [-0.39, 0.29) is 5.91 Å². The van der Waals surface area contributed by atoms with Crippen LogP contribution in [-0.4, -0.2) is 11.1 Å². The number of aromatic nitrogens is 1. The normalized spacial score (nSPS) is 13.3. The van der Waals surface area contributed by atoms with Gasteiger partial charge in [-0.15, -0.1) is 0 Å². The molecule has 1 N–H and O–H groups in total. The number of nitrogens with one attached hydrogen (secondary N) is 1. The molecule has 21 heavy (non-hydrogen) atoms. The van der Waals surface area contributed by atoms with Crippen LogP contribution in [0.2, 0.25) is 0 Å². The van der Waals surface area contributed by atoms with Crippen LogP contribution >= 0.6 is 0 Å². The minimum atomic E-state index is -0.155. The SMILES string of the molecule is O=C(Nc1onc2c1CCC2)c1cccc2ccccc12. The highest BCUT2D eigenvalue weighted by atomic mass is 16.5. The van der Waals surface area contributed by atoms with Crippen molar-refractivity contribution in [2.75, 3.05) is 5.32 Å². The van der Waals surface area contributed by atoms with Crippen molar-refractivity contribution < 1.29 is 9.32 Å². The molecule has 0 spiro atoms. The minimum Gasteiger partial charge on any atom is -0.338 e. The molecule has 3 aromatic rings. The number of carbonyl (C=O) groups is 1. The summed E-state index contributed by atoms with van der Waals surface area (Å²) in [5, 5.41) is 8.87. The number of rotatable bonds is 2. The van der Waals surface area contributed by atoms with Gasteiger partial charge in [0.2, 0.25) is 5.88 Å². The lowest BCUT2D eigenvalue weighted by atomic mass is 10.0. The third kappa shape index (κ3) is 2.00. The summed E-state index contributed by atoms with van der Waals surface area (Å²) >= 11 is 0. The van der Waals surface area contributed by atoms with Crippen molar-refractivity contribution in [3.8, 4) is 0 Å². The maximum atomic E-state index is 12.5. The highest BCUT2D eigenvalue weighted by molar-refractivity contribution is 6.12. The van der Waals surface area contributed by atoms with Crippen molar-refractivity contribution in [3.63, 3.8) is 0 Å². The Balaban J connectivity index is 1.70. The summed E-state index contributed by atoms with van der Waals surface area (Å²) in [4.78, 5) is 12.5. The average Bonchev–Trinajstić information content (AvgIpc) is 3.12. The molecule has 1 aliphatic rings. The third-order valence-corrected chi connectivity index (χ3v) is 3.97. The molecule has 0 fully saturated rings. The van der Waals surface area contributed by atoms with Gasteiger partial charge in [-0.2, -0.15) is 0 Å². The Bertz CT molecular complexity index is 830. The van der Waals surface area contributed by atoms with E-state index >= 15 is 0 Å². The fourth-order valence-electron chi connectivity index (χ4n) is 2.92. The van der Waals surface area contributed by atoms with Crippen LogP contribution in [0.1, 0.15) is 28.0 Å². The Morgan fingerprint density at radius 3 is 2.90 bits per heavy atom. The topological polar surface area (TPSA) is 55.1 Å². The van der Waals surface area contributed by atoms with Gasteiger partial charge in [0.05, 0.1) is 5.69 Å². The number of fused-ring (bicyclic) bond motifs is 2. The van der Waals surface area contributed by atoms with E-state index in [4.69, 9.17) is 4.52 Å². The van der Waals surface area contributed by atoms with Crippen molar-refractivity contribution in [1.29, 1.82) is 0 Å². The molecular formula is C17H14N2O2. The molecule has 1 aliphatic carbocycles. The lowest BCUT2D eigenvalue weighted by Crippen LogP contribution is -2.12. The van der Waals surface area contributed by atoms with E-state index in [1.165, 1.54) is 0 Å². The molecule has 0 radical (unpaired) electrons. The lowest BCUT2D eigenvalue weighted by Gasteiger charge is -2.06. The van der Waals surface area contributed by atoms with E-state index < -0.39 is 0 Å². The van der Waals surface area contributed by atoms with Gasteiger partial charge < -0.3 is 4.52 Å². The molecular weight excluding hydrogens is 264 g/mol. The first-order chi connectivity index (χ1) is 10.3. The second kappa shape index (κ2) is 4.74. The first-order valence-electron chi connectivity index (χ1n) is 7.09.